The molecule has 0 bridgehead atoms. The number of carbonyl (C=O) groups is 7. The first-order valence-corrected chi connectivity index (χ1v) is 20.7. The van der Waals surface area contributed by atoms with Gasteiger partial charge in [0.05, 0.1) is 12.1 Å². The number of carbonyl (C=O) groups excluding carboxylic acids is 7. The van der Waals surface area contributed by atoms with Crippen LogP contribution in [0.5, 0.6) is 0 Å². The maximum atomic E-state index is 15.1. The van der Waals surface area contributed by atoms with E-state index in [0.29, 0.717) is 25.8 Å². The van der Waals surface area contributed by atoms with Crippen LogP contribution in [-0.2, 0) is 28.8 Å². The van der Waals surface area contributed by atoms with E-state index in [0.717, 1.165) is 44.9 Å². The fourth-order valence-electron chi connectivity index (χ4n) is 9.94. The lowest BCUT2D eigenvalue weighted by Crippen LogP contribution is -2.63. The van der Waals surface area contributed by atoms with Gasteiger partial charge in [-0.2, -0.15) is 0 Å². The molecule has 306 valence electrons. The molecule has 2 heterocycles. The maximum absolute atomic E-state index is 15.1. The van der Waals surface area contributed by atoms with Gasteiger partial charge in [-0.05, 0) is 78.4 Å². The van der Waals surface area contributed by atoms with E-state index < -0.39 is 64.0 Å². The van der Waals surface area contributed by atoms with E-state index >= 15 is 4.79 Å². The molecular formula is C42H66N6O7. The van der Waals surface area contributed by atoms with Crippen molar-refractivity contribution < 1.29 is 33.6 Å². The third-order valence-electron chi connectivity index (χ3n) is 13.5. The van der Waals surface area contributed by atoms with Crippen molar-refractivity contribution in [2.75, 3.05) is 19.6 Å². The predicted molar refractivity (Wildman–Crippen MR) is 208 cm³/mol. The minimum absolute atomic E-state index is 0.0175. The van der Waals surface area contributed by atoms with Gasteiger partial charge in [0.25, 0.3) is 5.91 Å². The Morgan fingerprint density at radius 1 is 0.909 bits per heavy atom. The van der Waals surface area contributed by atoms with Crippen molar-refractivity contribution in [1.29, 1.82) is 0 Å². The van der Waals surface area contributed by atoms with E-state index in [-0.39, 0.29) is 67.3 Å². The van der Waals surface area contributed by atoms with Crippen molar-refractivity contribution in [2.24, 2.45) is 33.5 Å². The van der Waals surface area contributed by atoms with Crippen LogP contribution in [-0.4, -0.2) is 95.0 Å². The largest absolute Gasteiger partial charge is 0.346 e. The smallest absolute Gasteiger partial charge is 0.315 e. The number of fused-ring (bicyclic) bond motifs is 2. The average Bonchev–Trinajstić information content (AvgIpc) is 3.67. The number of urea groups is 1. The van der Waals surface area contributed by atoms with Crippen molar-refractivity contribution in [3.8, 4) is 0 Å². The van der Waals surface area contributed by atoms with Crippen LogP contribution < -0.4 is 21.3 Å². The normalized spacial score (nSPS) is 26.7. The fraction of sp³-hybridized carbons (Fsp3) is 0.786. The van der Waals surface area contributed by atoms with Crippen LogP contribution >= 0.6 is 0 Å². The Hall–Kier alpha value is -3.77. The number of hydrogen-bond acceptors (Lipinski definition) is 7. The van der Waals surface area contributed by atoms with E-state index in [1.165, 1.54) is 11.0 Å². The zero-order valence-electron chi connectivity index (χ0n) is 34.3. The topological polar surface area (TPSA) is 174 Å². The number of nitrogens with one attached hydrogen (secondary N) is 4. The summed E-state index contributed by atoms with van der Waals surface area (Å²) >= 11 is 0. The Morgan fingerprint density at radius 3 is 2.11 bits per heavy atom. The number of amides is 7. The Balaban J connectivity index is 1.40. The minimum Gasteiger partial charge on any atom is -0.346 e. The average molecular weight is 767 g/mol. The molecule has 3 aliphatic carbocycles. The van der Waals surface area contributed by atoms with Gasteiger partial charge in [-0.1, -0.05) is 80.2 Å². The van der Waals surface area contributed by atoms with Gasteiger partial charge in [-0.3, -0.25) is 33.7 Å². The standard InChI is InChI=1S/C42H66N6O7/c1-9-14-28(33(51)36(53)43-21-10-2)44-35(52)32-26-15-18-42(19-20-42)27(26)24-48(32)37(54)34(41(8)16-12-11-13-17-41)46-38(55)45-29(39(3,4)5)25-47-30(49)22-40(6,7)23-31(47)50/h10,26-29,32,34H,2,9,11-25H2,1,3-8H3,(H,43,53)(H,44,52)(H2,45,46,55)/t26-,27-,28?,29+,32-,34+/m0/s1. The lowest BCUT2D eigenvalue weighted by molar-refractivity contribution is -0.153. The lowest BCUT2D eigenvalue weighted by Gasteiger charge is -2.43. The van der Waals surface area contributed by atoms with Gasteiger partial charge < -0.3 is 26.2 Å². The molecule has 7 amide bonds. The molecule has 4 N–H and O–H groups in total. The summed E-state index contributed by atoms with van der Waals surface area (Å²) in [6.45, 7) is 17.6. The molecule has 13 heteroatoms. The fourth-order valence-corrected chi connectivity index (χ4v) is 9.94. The Bertz CT molecular complexity index is 1520. The van der Waals surface area contributed by atoms with Gasteiger partial charge in [-0.25, -0.2) is 4.79 Å². The summed E-state index contributed by atoms with van der Waals surface area (Å²) in [5.74, 6) is -2.77. The molecule has 6 atom stereocenters. The third-order valence-corrected chi connectivity index (χ3v) is 13.5. The molecule has 0 aromatic heterocycles. The van der Waals surface area contributed by atoms with Crippen LogP contribution in [0.1, 0.15) is 132 Å². The minimum atomic E-state index is -1.04. The number of Topliss-reactive ketones (excluding diaryl/α,β-unsaturated/α-hetero) is 1. The highest BCUT2D eigenvalue weighted by atomic mass is 16.2. The first-order chi connectivity index (χ1) is 25.8. The number of hydrogen-bond donors (Lipinski definition) is 4. The van der Waals surface area contributed by atoms with E-state index in [1.54, 1.807) is 4.90 Å². The molecule has 55 heavy (non-hydrogen) atoms. The summed E-state index contributed by atoms with van der Waals surface area (Å²) in [6, 6.07) is -4.00. The highest BCUT2D eigenvalue weighted by Gasteiger charge is 2.64. The molecule has 0 aromatic carbocycles. The second-order valence-electron chi connectivity index (χ2n) is 19.4. The molecular weight excluding hydrogens is 700 g/mol. The first-order valence-electron chi connectivity index (χ1n) is 20.7. The molecule has 5 fully saturated rings. The number of rotatable bonds is 14. The third kappa shape index (κ3) is 9.28. The van der Waals surface area contributed by atoms with Crippen molar-refractivity contribution in [2.45, 2.75) is 156 Å². The highest BCUT2D eigenvalue weighted by molar-refractivity contribution is 6.38. The van der Waals surface area contributed by atoms with E-state index in [4.69, 9.17) is 0 Å². The van der Waals surface area contributed by atoms with Gasteiger partial charge in [-0.15, -0.1) is 6.58 Å². The molecule has 5 aliphatic rings. The molecule has 5 rings (SSSR count). The molecule has 1 spiro atoms. The van der Waals surface area contributed by atoms with Gasteiger partial charge >= 0.3 is 6.03 Å². The second kappa shape index (κ2) is 16.4. The molecule has 1 unspecified atom stereocenters. The van der Waals surface area contributed by atoms with Crippen LogP contribution in [0.2, 0.25) is 0 Å². The molecule has 2 saturated heterocycles. The zero-order valence-corrected chi connectivity index (χ0v) is 34.3. The van der Waals surface area contributed by atoms with E-state index in [9.17, 15) is 28.8 Å². The summed E-state index contributed by atoms with van der Waals surface area (Å²) in [6.07, 6.45) is 10.9. The van der Waals surface area contributed by atoms with Gasteiger partial charge in [0.2, 0.25) is 29.4 Å². The lowest BCUT2D eigenvalue weighted by atomic mass is 9.70. The SMILES string of the molecule is C=CCNC(=O)C(=O)C(CCC)NC(=O)[C@@H]1[C@H]2CCC3(CC3)[C@H]2CN1C(=O)[C@@H](NC(=O)N[C@H](CN1C(=O)CC(C)(C)CC1=O)C(C)(C)C)C1(C)CCCCC1. The number of piperidine rings is 1. The number of nitrogens with zero attached hydrogens (tertiary/aromatic N) is 2. The summed E-state index contributed by atoms with van der Waals surface area (Å²) < 4.78 is 0. The number of imide groups is 1. The van der Waals surface area contributed by atoms with Crippen molar-refractivity contribution in [1.82, 2.24) is 31.1 Å². The Labute approximate surface area is 327 Å². The van der Waals surface area contributed by atoms with Gasteiger partial charge in [0.1, 0.15) is 12.1 Å². The van der Waals surface area contributed by atoms with Crippen LogP contribution in [0.25, 0.3) is 0 Å². The monoisotopic (exact) mass is 766 g/mol. The zero-order chi connectivity index (χ0) is 40.5. The quantitative estimate of drug-likeness (QED) is 0.115. The van der Waals surface area contributed by atoms with Gasteiger partial charge in [0.15, 0.2) is 0 Å². The number of likely N-dealkylation sites (tertiary alicyclic amines) is 2. The molecule has 0 radical (unpaired) electrons. The number of ketones is 1. The summed E-state index contributed by atoms with van der Waals surface area (Å²) in [5.41, 5.74) is -1.45. The summed E-state index contributed by atoms with van der Waals surface area (Å²) in [7, 11) is 0. The summed E-state index contributed by atoms with van der Waals surface area (Å²) in [4.78, 5) is 98.8. The maximum Gasteiger partial charge on any atom is 0.315 e. The molecule has 2 aliphatic heterocycles. The molecule has 13 nitrogen and oxygen atoms in total. The summed E-state index contributed by atoms with van der Waals surface area (Å²) in [5, 5.41) is 11.5. The highest BCUT2D eigenvalue weighted by Crippen LogP contribution is 2.66. The van der Waals surface area contributed by atoms with E-state index in [2.05, 4.69) is 27.8 Å². The Kier molecular flexibility index (Phi) is 12.6. The molecule has 0 aromatic rings. The second-order valence-corrected chi connectivity index (χ2v) is 19.4. The van der Waals surface area contributed by atoms with Crippen LogP contribution in [0.15, 0.2) is 12.7 Å². The predicted octanol–water partition coefficient (Wildman–Crippen LogP) is 4.39. The van der Waals surface area contributed by atoms with Crippen LogP contribution in [0, 0.1) is 33.5 Å². The van der Waals surface area contributed by atoms with Crippen molar-refractivity contribution in [3.63, 3.8) is 0 Å². The van der Waals surface area contributed by atoms with Crippen LogP contribution in [0.4, 0.5) is 4.79 Å². The Morgan fingerprint density at radius 2 is 1.55 bits per heavy atom. The van der Waals surface area contributed by atoms with Crippen molar-refractivity contribution >= 4 is 41.4 Å². The van der Waals surface area contributed by atoms with Crippen molar-refractivity contribution in [3.05, 3.63) is 12.7 Å². The molecule has 3 saturated carbocycles. The van der Waals surface area contributed by atoms with E-state index in [1.807, 2.05) is 48.5 Å². The first kappa shape index (κ1) is 42.4. The van der Waals surface area contributed by atoms with Crippen LogP contribution in [0.3, 0.4) is 0 Å². The van der Waals surface area contributed by atoms with Gasteiger partial charge in [0, 0.05) is 32.5 Å².